The van der Waals surface area contributed by atoms with Crippen molar-refractivity contribution in [1.29, 1.82) is 0 Å². The van der Waals surface area contributed by atoms with Crippen molar-refractivity contribution in [1.82, 2.24) is 9.97 Å². The third-order valence-corrected chi connectivity index (χ3v) is 3.55. The first-order valence-corrected chi connectivity index (χ1v) is 7.07. The summed E-state index contributed by atoms with van der Waals surface area (Å²) >= 11 is 0. The van der Waals surface area contributed by atoms with E-state index in [9.17, 15) is 22.4 Å². The number of nitrogens with one attached hydrogen (secondary N) is 1. The molecule has 0 saturated heterocycles. The van der Waals surface area contributed by atoms with E-state index in [2.05, 4.69) is 9.97 Å². The number of nitrogens with zero attached hydrogens (tertiary/aromatic N) is 1. The topological polar surface area (TPSA) is 71.8 Å². The number of hydrogen-bond acceptors (Lipinski definition) is 2. The second kappa shape index (κ2) is 6.04. The molecule has 0 fully saturated rings. The number of nitrogens with two attached hydrogens (primary N) is 1. The molecule has 8 heteroatoms. The minimum absolute atomic E-state index is 0.0488. The zero-order valence-corrected chi connectivity index (χ0v) is 12.6. The van der Waals surface area contributed by atoms with E-state index in [4.69, 9.17) is 5.73 Å². The van der Waals surface area contributed by atoms with E-state index in [0.29, 0.717) is 28.2 Å². The van der Waals surface area contributed by atoms with Crippen molar-refractivity contribution >= 4 is 23.0 Å². The number of hydrogen-bond donors (Lipinski definition) is 2. The fourth-order valence-corrected chi connectivity index (χ4v) is 2.41. The normalized spacial score (nSPS) is 12.2. The monoisotopic (exact) mass is 349 g/mol. The van der Waals surface area contributed by atoms with Gasteiger partial charge in [-0.1, -0.05) is 0 Å². The summed E-state index contributed by atoms with van der Waals surface area (Å²) in [6.07, 6.45) is 0.874. The van der Waals surface area contributed by atoms with Gasteiger partial charge in [-0.15, -0.1) is 0 Å². The molecule has 1 amide bonds. The number of alkyl halides is 3. The van der Waals surface area contributed by atoms with Crippen molar-refractivity contribution in [3.05, 3.63) is 59.7 Å². The largest absolute Gasteiger partial charge is 0.416 e. The van der Waals surface area contributed by atoms with Crippen LogP contribution in [0.4, 0.5) is 17.6 Å². The van der Waals surface area contributed by atoms with Crippen LogP contribution in [0, 0.1) is 5.82 Å². The maximum atomic E-state index is 13.6. The lowest BCUT2D eigenvalue weighted by Crippen LogP contribution is -2.05. The Morgan fingerprint density at radius 1 is 1.16 bits per heavy atom. The summed E-state index contributed by atoms with van der Waals surface area (Å²) in [5.41, 5.74) is 5.38. The van der Waals surface area contributed by atoms with E-state index in [1.807, 2.05) is 0 Å². The molecule has 0 aliphatic carbocycles. The summed E-state index contributed by atoms with van der Waals surface area (Å²) in [5, 5.41) is 0.563. The Morgan fingerprint density at radius 3 is 2.60 bits per heavy atom. The SMILES string of the molecule is NC(=O)/C=C/c1c[nH]c2ncc(-c3cc(F)cc(C(F)(F)F)c3)cc12. The number of aromatic amines is 1. The van der Waals surface area contributed by atoms with E-state index < -0.39 is 23.5 Å². The molecule has 128 valence electrons. The standard InChI is InChI=1S/C17H11F4N3O/c18-13-4-10(3-12(6-13)17(19,20)21)11-5-14-9(1-2-15(22)25)7-23-16(14)24-8-11/h1-8H,(H2,22,25)(H,23,24)/b2-1+. The number of carbonyl (C=O) groups excluding carboxylic acids is 1. The summed E-state index contributed by atoms with van der Waals surface area (Å²) in [6, 6.07) is 3.86. The summed E-state index contributed by atoms with van der Waals surface area (Å²) < 4.78 is 52.2. The molecule has 0 bridgehead atoms. The third-order valence-electron chi connectivity index (χ3n) is 3.55. The van der Waals surface area contributed by atoms with Gasteiger partial charge in [0, 0.05) is 35.0 Å². The van der Waals surface area contributed by atoms with E-state index in [1.165, 1.54) is 12.3 Å². The van der Waals surface area contributed by atoms with E-state index in [0.717, 1.165) is 18.2 Å². The zero-order valence-electron chi connectivity index (χ0n) is 12.6. The molecule has 4 nitrogen and oxygen atoms in total. The summed E-state index contributed by atoms with van der Waals surface area (Å²) in [5.74, 6) is -1.63. The van der Waals surface area contributed by atoms with Crippen LogP contribution in [0.15, 0.2) is 42.7 Å². The lowest BCUT2D eigenvalue weighted by molar-refractivity contribution is -0.137. The highest BCUT2D eigenvalue weighted by molar-refractivity contribution is 5.95. The molecule has 3 aromatic rings. The number of aromatic nitrogens is 2. The Morgan fingerprint density at radius 2 is 1.92 bits per heavy atom. The lowest BCUT2D eigenvalue weighted by Gasteiger charge is -2.09. The molecule has 0 saturated carbocycles. The average Bonchev–Trinajstić information content (AvgIpc) is 2.93. The predicted octanol–water partition coefficient (Wildman–Crippen LogP) is 3.89. The molecule has 0 aliphatic heterocycles. The molecule has 2 aromatic heterocycles. The second-order valence-electron chi connectivity index (χ2n) is 5.33. The second-order valence-corrected chi connectivity index (χ2v) is 5.33. The summed E-state index contributed by atoms with van der Waals surface area (Å²) in [7, 11) is 0. The van der Waals surface area contributed by atoms with E-state index >= 15 is 0 Å². The molecule has 1 aromatic carbocycles. The minimum atomic E-state index is -4.65. The van der Waals surface area contributed by atoms with Crippen LogP contribution in [0.25, 0.3) is 28.2 Å². The Kier molecular flexibility index (Phi) is 4.03. The smallest absolute Gasteiger partial charge is 0.366 e. The highest BCUT2D eigenvalue weighted by atomic mass is 19.4. The molecule has 0 spiro atoms. The third kappa shape index (κ3) is 3.52. The first-order valence-electron chi connectivity index (χ1n) is 7.07. The highest BCUT2D eigenvalue weighted by Crippen LogP contribution is 2.34. The maximum Gasteiger partial charge on any atom is 0.416 e. The predicted molar refractivity (Wildman–Crippen MR) is 84.7 cm³/mol. The Labute approximate surface area is 139 Å². The van der Waals surface area contributed by atoms with Gasteiger partial charge in [-0.25, -0.2) is 9.37 Å². The van der Waals surface area contributed by atoms with Crippen LogP contribution in [0.2, 0.25) is 0 Å². The average molecular weight is 349 g/mol. The molecule has 2 heterocycles. The first-order chi connectivity index (χ1) is 11.7. The number of halogens is 4. The molecular weight excluding hydrogens is 338 g/mol. The van der Waals surface area contributed by atoms with Crippen LogP contribution in [0.5, 0.6) is 0 Å². The van der Waals surface area contributed by atoms with Gasteiger partial charge in [-0.2, -0.15) is 13.2 Å². The minimum Gasteiger partial charge on any atom is -0.366 e. The van der Waals surface area contributed by atoms with Crippen molar-refractivity contribution < 1.29 is 22.4 Å². The molecule has 0 radical (unpaired) electrons. The van der Waals surface area contributed by atoms with Crippen molar-refractivity contribution in [3.63, 3.8) is 0 Å². The highest BCUT2D eigenvalue weighted by Gasteiger charge is 2.31. The molecule has 3 N–H and O–H groups in total. The molecule has 0 atom stereocenters. The number of primary amides is 1. The van der Waals surface area contributed by atoms with Gasteiger partial charge >= 0.3 is 6.18 Å². The van der Waals surface area contributed by atoms with Gasteiger partial charge in [-0.05, 0) is 35.9 Å². The van der Waals surface area contributed by atoms with Gasteiger partial charge in [0.05, 0.1) is 5.56 Å². The fourth-order valence-electron chi connectivity index (χ4n) is 2.41. The zero-order chi connectivity index (χ0) is 18.2. The fraction of sp³-hybridized carbons (Fsp3) is 0.0588. The van der Waals surface area contributed by atoms with Crippen molar-refractivity contribution in [2.75, 3.05) is 0 Å². The number of pyridine rings is 1. The number of fused-ring (bicyclic) bond motifs is 1. The van der Waals surface area contributed by atoms with Crippen LogP contribution in [0.1, 0.15) is 11.1 Å². The van der Waals surface area contributed by atoms with Crippen LogP contribution in [-0.2, 0) is 11.0 Å². The molecular formula is C17H11F4N3O. The number of rotatable bonds is 3. The first kappa shape index (κ1) is 16.7. The van der Waals surface area contributed by atoms with Gasteiger partial charge in [0.2, 0.25) is 5.91 Å². The van der Waals surface area contributed by atoms with Gasteiger partial charge < -0.3 is 10.7 Å². The van der Waals surface area contributed by atoms with Gasteiger partial charge in [0.1, 0.15) is 11.5 Å². The van der Waals surface area contributed by atoms with Crippen molar-refractivity contribution in [3.8, 4) is 11.1 Å². The van der Waals surface area contributed by atoms with E-state index in [1.54, 1.807) is 12.3 Å². The Bertz CT molecular complexity index is 989. The molecule has 0 unspecified atom stereocenters. The van der Waals surface area contributed by atoms with Gasteiger partial charge in [-0.3, -0.25) is 4.79 Å². The number of carbonyl (C=O) groups is 1. The Balaban J connectivity index is 2.12. The molecule has 25 heavy (non-hydrogen) atoms. The quantitative estimate of drug-likeness (QED) is 0.556. The maximum absolute atomic E-state index is 13.6. The van der Waals surface area contributed by atoms with Gasteiger partial charge in [0.25, 0.3) is 0 Å². The van der Waals surface area contributed by atoms with E-state index in [-0.39, 0.29) is 5.56 Å². The summed E-state index contributed by atoms with van der Waals surface area (Å²) in [6.45, 7) is 0. The summed E-state index contributed by atoms with van der Waals surface area (Å²) in [4.78, 5) is 17.8. The lowest BCUT2D eigenvalue weighted by atomic mass is 10.0. The van der Waals surface area contributed by atoms with Crippen LogP contribution in [0.3, 0.4) is 0 Å². The Hall–Kier alpha value is -3.16. The van der Waals surface area contributed by atoms with Gasteiger partial charge in [0.15, 0.2) is 0 Å². The van der Waals surface area contributed by atoms with Crippen molar-refractivity contribution in [2.45, 2.75) is 6.18 Å². The number of amides is 1. The van der Waals surface area contributed by atoms with Crippen LogP contribution < -0.4 is 5.73 Å². The molecule has 0 aliphatic rings. The number of H-pyrrole nitrogens is 1. The van der Waals surface area contributed by atoms with Crippen molar-refractivity contribution in [2.24, 2.45) is 5.73 Å². The molecule has 3 rings (SSSR count). The van der Waals surface area contributed by atoms with Crippen LogP contribution in [-0.4, -0.2) is 15.9 Å². The number of benzene rings is 1. The van der Waals surface area contributed by atoms with Crippen LogP contribution >= 0.6 is 0 Å².